The molecule has 0 spiro atoms. The van der Waals surface area contributed by atoms with Crippen molar-refractivity contribution in [1.29, 1.82) is 0 Å². The van der Waals surface area contributed by atoms with Gasteiger partial charge in [-0.3, -0.25) is 10.1 Å². The highest BCUT2D eigenvalue weighted by molar-refractivity contribution is 7.89. The number of rotatable bonds is 14. The van der Waals surface area contributed by atoms with Crippen molar-refractivity contribution in [3.8, 4) is 5.75 Å². The number of phenolic OH excluding ortho intramolecular Hbond substituents is 1. The average molecular weight is 401 g/mol. The standard InChI is InChI=1S/C19H32N2O5S/c1-3-4-5-6-7-8-9-16(2)14-17(21(23)24)15-20-27(25,26)19-12-10-18(22)11-13-19/h10-13,16-17,20,22H,3-9,14-15H2,1-2H3. The first-order valence-corrected chi connectivity index (χ1v) is 11.2. The Hall–Kier alpha value is -1.67. The maximum Gasteiger partial charge on any atom is 0.240 e. The van der Waals surface area contributed by atoms with Crippen molar-refractivity contribution in [2.75, 3.05) is 6.54 Å². The Morgan fingerprint density at radius 3 is 2.30 bits per heavy atom. The predicted octanol–water partition coefficient (Wildman–Crippen LogP) is 4.09. The molecule has 27 heavy (non-hydrogen) atoms. The molecule has 2 atom stereocenters. The summed E-state index contributed by atoms with van der Waals surface area (Å²) >= 11 is 0. The van der Waals surface area contributed by atoms with Crippen LogP contribution in [0.15, 0.2) is 29.2 Å². The van der Waals surface area contributed by atoms with Gasteiger partial charge in [-0.05, 0) is 30.2 Å². The second kappa shape index (κ2) is 11.9. The molecule has 0 aliphatic rings. The zero-order chi connectivity index (χ0) is 20.3. The molecular formula is C19H32N2O5S. The molecule has 1 rings (SSSR count). The van der Waals surface area contributed by atoms with Gasteiger partial charge in [0.05, 0.1) is 11.4 Å². The first-order chi connectivity index (χ1) is 12.8. The van der Waals surface area contributed by atoms with Crippen molar-refractivity contribution >= 4 is 10.0 Å². The molecule has 0 aliphatic carbocycles. The van der Waals surface area contributed by atoms with E-state index in [2.05, 4.69) is 11.6 Å². The summed E-state index contributed by atoms with van der Waals surface area (Å²) in [6.45, 7) is 3.92. The zero-order valence-corrected chi connectivity index (χ0v) is 17.1. The molecule has 8 heteroatoms. The topological polar surface area (TPSA) is 110 Å². The fourth-order valence-corrected chi connectivity index (χ4v) is 4.09. The van der Waals surface area contributed by atoms with Gasteiger partial charge in [-0.25, -0.2) is 13.1 Å². The Balaban J connectivity index is 2.46. The molecule has 154 valence electrons. The minimum absolute atomic E-state index is 0.0254. The average Bonchev–Trinajstić information content (AvgIpc) is 2.61. The molecule has 0 radical (unpaired) electrons. The van der Waals surface area contributed by atoms with Crippen LogP contribution >= 0.6 is 0 Å². The quantitative estimate of drug-likeness (QED) is 0.278. The minimum Gasteiger partial charge on any atom is -0.508 e. The summed E-state index contributed by atoms with van der Waals surface area (Å²) in [4.78, 5) is 10.9. The van der Waals surface area contributed by atoms with E-state index < -0.39 is 21.0 Å². The van der Waals surface area contributed by atoms with Crippen molar-refractivity contribution in [2.24, 2.45) is 5.92 Å². The van der Waals surface area contributed by atoms with Gasteiger partial charge >= 0.3 is 0 Å². The summed E-state index contributed by atoms with van der Waals surface area (Å²) in [5.74, 6) is 0.130. The van der Waals surface area contributed by atoms with Gasteiger partial charge in [0.1, 0.15) is 5.75 Å². The Morgan fingerprint density at radius 1 is 1.11 bits per heavy atom. The third-order valence-electron chi connectivity index (χ3n) is 4.68. The molecule has 1 aromatic carbocycles. The highest BCUT2D eigenvalue weighted by Crippen LogP contribution is 2.18. The highest BCUT2D eigenvalue weighted by atomic mass is 32.2. The molecule has 0 bridgehead atoms. The van der Waals surface area contributed by atoms with Gasteiger partial charge in [-0.15, -0.1) is 0 Å². The fourth-order valence-electron chi connectivity index (χ4n) is 3.01. The summed E-state index contributed by atoms with van der Waals surface area (Å²) in [6.07, 6.45) is 8.35. The smallest absolute Gasteiger partial charge is 0.240 e. The molecular weight excluding hydrogens is 368 g/mol. The minimum atomic E-state index is -3.84. The van der Waals surface area contributed by atoms with Crippen LogP contribution in [0.1, 0.15) is 65.2 Å². The van der Waals surface area contributed by atoms with Gasteiger partial charge < -0.3 is 5.11 Å². The maximum absolute atomic E-state index is 12.2. The van der Waals surface area contributed by atoms with Crippen LogP contribution in [0.25, 0.3) is 0 Å². The Kier molecular flexibility index (Phi) is 10.3. The summed E-state index contributed by atoms with van der Waals surface area (Å²) in [5, 5.41) is 20.6. The molecule has 0 aromatic heterocycles. The number of phenols is 1. The lowest BCUT2D eigenvalue weighted by atomic mass is 9.95. The number of aromatic hydroxyl groups is 1. The number of nitro groups is 1. The lowest BCUT2D eigenvalue weighted by molar-refractivity contribution is -0.522. The second-order valence-corrected chi connectivity index (χ2v) is 8.95. The molecule has 2 N–H and O–H groups in total. The molecule has 7 nitrogen and oxygen atoms in total. The largest absolute Gasteiger partial charge is 0.508 e. The maximum atomic E-state index is 12.2. The fraction of sp³-hybridized carbons (Fsp3) is 0.684. The van der Waals surface area contributed by atoms with Gasteiger partial charge in [0.15, 0.2) is 0 Å². The monoisotopic (exact) mass is 400 g/mol. The first-order valence-electron chi connectivity index (χ1n) is 9.68. The van der Waals surface area contributed by atoms with E-state index in [-0.39, 0.29) is 23.1 Å². The van der Waals surface area contributed by atoms with Gasteiger partial charge in [0, 0.05) is 11.3 Å². The van der Waals surface area contributed by atoms with Crippen LogP contribution in [0.2, 0.25) is 0 Å². The van der Waals surface area contributed by atoms with E-state index in [1.165, 1.54) is 49.9 Å². The van der Waals surface area contributed by atoms with Crippen LogP contribution in [-0.2, 0) is 10.0 Å². The van der Waals surface area contributed by atoms with E-state index in [9.17, 15) is 23.6 Å². The number of unbranched alkanes of at least 4 members (excludes halogenated alkanes) is 5. The van der Waals surface area contributed by atoms with Crippen LogP contribution in [0, 0.1) is 16.0 Å². The van der Waals surface area contributed by atoms with Gasteiger partial charge in [-0.2, -0.15) is 0 Å². The SMILES string of the molecule is CCCCCCCCC(C)CC(CNS(=O)(=O)c1ccc(O)cc1)[N+](=O)[O-]. The summed E-state index contributed by atoms with van der Waals surface area (Å²) in [5.41, 5.74) is 0. The Labute approximate surface area is 162 Å². The molecule has 0 saturated heterocycles. The van der Waals surface area contributed by atoms with Crippen molar-refractivity contribution in [3.05, 3.63) is 34.4 Å². The lowest BCUT2D eigenvalue weighted by Gasteiger charge is -2.16. The Morgan fingerprint density at radius 2 is 1.70 bits per heavy atom. The van der Waals surface area contributed by atoms with Crippen LogP contribution < -0.4 is 4.72 Å². The van der Waals surface area contributed by atoms with E-state index in [1.807, 2.05) is 6.92 Å². The normalized spacial score (nSPS) is 14.0. The predicted molar refractivity (Wildman–Crippen MR) is 106 cm³/mol. The van der Waals surface area contributed by atoms with Crippen LogP contribution in [0.5, 0.6) is 5.75 Å². The summed E-state index contributed by atoms with van der Waals surface area (Å²) in [6, 6.07) is 4.11. The van der Waals surface area contributed by atoms with E-state index in [4.69, 9.17) is 0 Å². The van der Waals surface area contributed by atoms with Crippen molar-refractivity contribution in [2.45, 2.75) is 76.2 Å². The van der Waals surface area contributed by atoms with Gasteiger partial charge in [0.2, 0.25) is 16.1 Å². The zero-order valence-electron chi connectivity index (χ0n) is 16.3. The van der Waals surface area contributed by atoms with Crippen molar-refractivity contribution in [3.63, 3.8) is 0 Å². The van der Waals surface area contributed by atoms with Gasteiger partial charge in [0.25, 0.3) is 0 Å². The van der Waals surface area contributed by atoms with Crippen LogP contribution in [0.3, 0.4) is 0 Å². The van der Waals surface area contributed by atoms with Gasteiger partial charge in [-0.1, -0.05) is 58.8 Å². The van der Waals surface area contributed by atoms with E-state index >= 15 is 0 Å². The lowest BCUT2D eigenvalue weighted by Crippen LogP contribution is -2.37. The molecule has 2 unspecified atom stereocenters. The molecule has 1 aromatic rings. The molecule has 0 heterocycles. The van der Waals surface area contributed by atoms with Crippen molar-refractivity contribution < 1.29 is 18.4 Å². The molecule has 0 fully saturated rings. The van der Waals surface area contributed by atoms with E-state index in [0.717, 1.165) is 19.3 Å². The number of nitrogens with zero attached hydrogens (tertiary/aromatic N) is 1. The van der Waals surface area contributed by atoms with E-state index in [1.54, 1.807) is 0 Å². The molecule has 0 aliphatic heterocycles. The first kappa shape index (κ1) is 23.4. The van der Waals surface area contributed by atoms with Crippen LogP contribution in [0.4, 0.5) is 0 Å². The van der Waals surface area contributed by atoms with Crippen molar-refractivity contribution in [1.82, 2.24) is 4.72 Å². The number of benzene rings is 1. The van der Waals surface area contributed by atoms with E-state index in [0.29, 0.717) is 6.42 Å². The second-order valence-electron chi connectivity index (χ2n) is 7.18. The molecule has 0 saturated carbocycles. The number of sulfonamides is 1. The third-order valence-corrected chi connectivity index (χ3v) is 6.12. The summed E-state index contributed by atoms with van der Waals surface area (Å²) < 4.78 is 26.8. The Bertz CT molecular complexity index is 661. The highest BCUT2D eigenvalue weighted by Gasteiger charge is 2.26. The third kappa shape index (κ3) is 9.19. The van der Waals surface area contributed by atoms with Crippen LogP contribution in [-0.4, -0.2) is 31.0 Å². The number of hydrogen-bond acceptors (Lipinski definition) is 5. The number of nitrogens with one attached hydrogen (secondary N) is 1. The summed E-state index contributed by atoms with van der Waals surface area (Å²) in [7, 11) is -3.84. The molecule has 0 amide bonds. The number of hydrogen-bond donors (Lipinski definition) is 2.